The van der Waals surface area contributed by atoms with Gasteiger partial charge in [0, 0.05) is 29.7 Å². The van der Waals surface area contributed by atoms with Gasteiger partial charge >= 0.3 is 0 Å². The predicted molar refractivity (Wildman–Crippen MR) is 236 cm³/mol. The maximum atomic E-state index is 12.8. The Morgan fingerprint density at radius 1 is 0.721 bits per heavy atom. The lowest BCUT2D eigenvalue weighted by Gasteiger charge is -2.13. The van der Waals surface area contributed by atoms with Gasteiger partial charge < -0.3 is 49.7 Å². The topological polar surface area (TPSA) is 399 Å². The van der Waals surface area contributed by atoms with Crippen LogP contribution in [0.25, 0.3) is 16.5 Å². The van der Waals surface area contributed by atoms with Crippen LogP contribution in [0.1, 0.15) is 16.1 Å². The summed E-state index contributed by atoms with van der Waals surface area (Å²) < 4.78 is 114. The minimum Gasteiger partial charge on any atom is -0.505 e. The van der Waals surface area contributed by atoms with E-state index >= 15 is 0 Å². The fourth-order valence-corrected chi connectivity index (χ4v) is 7.99. The number of benzene rings is 5. The number of methoxy groups -OCH3 is 2. The minimum absolute atomic E-state index is 0.0162. The lowest BCUT2D eigenvalue weighted by molar-refractivity contribution is 0.0995. The molecule has 1 atom stereocenters. The van der Waals surface area contributed by atoms with Crippen LogP contribution in [-0.2, 0) is 31.3 Å². The summed E-state index contributed by atoms with van der Waals surface area (Å²) in [6, 6.07) is 13.1. The number of carbonyl (C=O) groups is 1. The standard InChI is InChI=1S/C39H37N9O17S3/c1-19-12-25(28(63-3)18-31(19)66(54)55)43-46-36-35(38(40)52)47-48(39(36)53)21-4-6-23-20(13-21)14-33(68(59,60)61)34(37(23)51)45-44-27-17-29(64-10-8-49)26(16-30(27)65-11-9-50)42-41-24-7-5-22(62-2)15-32(24)67(56,57)58/h4-7,12-18,49-51,53H,8-11H2,1-3H3,(H2,40,52)(H,54,55)(H,56,57,58)(H,59,60,61). The number of fused-ring (bicyclic) bond motifs is 1. The number of amides is 1. The molecule has 1 heterocycles. The van der Waals surface area contributed by atoms with E-state index in [4.69, 9.17) is 24.7 Å². The van der Waals surface area contributed by atoms with E-state index in [9.17, 15) is 59.9 Å². The highest BCUT2D eigenvalue weighted by atomic mass is 32.2. The molecule has 0 fully saturated rings. The SMILES string of the molecule is COc1ccc(N=Nc2cc(OCCO)c(N=Nc3c(S(=O)(=O)O)cc4cc(-n5nc(C(N)=O)c(N=Nc6cc(C)c(S(=O)O)cc6OC)c5O)ccc4c3O)cc2OCCO)c(S(=O)(=O)O)c1. The number of carbonyl (C=O) groups excluding carboxylic acids is 1. The number of aryl methyl sites for hydroxylation is 1. The number of aliphatic hydroxyl groups excluding tert-OH is 2. The van der Waals surface area contributed by atoms with Crippen molar-refractivity contribution in [2.75, 3.05) is 40.6 Å². The van der Waals surface area contributed by atoms with E-state index in [0.717, 1.165) is 28.9 Å². The summed E-state index contributed by atoms with van der Waals surface area (Å²) in [4.78, 5) is 10.9. The highest BCUT2D eigenvalue weighted by Gasteiger charge is 2.26. The van der Waals surface area contributed by atoms with Crippen molar-refractivity contribution < 1.29 is 78.9 Å². The zero-order valence-electron chi connectivity index (χ0n) is 35.3. The summed E-state index contributed by atoms with van der Waals surface area (Å²) in [6.45, 7) is -0.187. The van der Waals surface area contributed by atoms with E-state index in [1.165, 1.54) is 63.6 Å². The molecule has 29 heteroatoms. The maximum Gasteiger partial charge on any atom is 0.296 e. The first-order chi connectivity index (χ1) is 32.2. The number of nitrogens with two attached hydrogens (primary N) is 1. The van der Waals surface area contributed by atoms with Crippen LogP contribution in [0.4, 0.5) is 34.1 Å². The molecule has 5 aromatic carbocycles. The Hall–Kier alpha value is -7.51. The van der Waals surface area contributed by atoms with E-state index in [0.29, 0.717) is 5.56 Å². The molecule has 0 aliphatic heterocycles. The Balaban J connectivity index is 1.43. The zero-order chi connectivity index (χ0) is 49.7. The molecule has 68 heavy (non-hydrogen) atoms. The van der Waals surface area contributed by atoms with Crippen LogP contribution in [0.2, 0.25) is 0 Å². The molecule has 9 N–H and O–H groups in total. The Labute approximate surface area is 386 Å². The Bertz CT molecular complexity index is 3310. The fraction of sp³-hybridized carbons (Fsp3) is 0.179. The molecular weight excluding hydrogens is 963 g/mol. The normalized spacial score (nSPS) is 12.6. The van der Waals surface area contributed by atoms with Crippen LogP contribution < -0.4 is 24.7 Å². The highest BCUT2D eigenvalue weighted by Crippen LogP contribution is 2.46. The van der Waals surface area contributed by atoms with Crippen LogP contribution in [0, 0.1) is 6.92 Å². The van der Waals surface area contributed by atoms with Gasteiger partial charge in [-0.05, 0) is 60.3 Å². The molecule has 0 aliphatic rings. The summed E-state index contributed by atoms with van der Waals surface area (Å²) >= 11 is -2.36. The van der Waals surface area contributed by atoms with Crippen molar-refractivity contribution in [1.29, 1.82) is 0 Å². The number of primary amides is 1. The molecule has 0 saturated carbocycles. The van der Waals surface area contributed by atoms with Crippen LogP contribution in [0.3, 0.4) is 0 Å². The molecule has 1 aromatic heterocycles. The number of hydrogen-bond acceptors (Lipinski definition) is 21. The van der Waals surface area contributed by atoms with Gasteiger partial charge in [-0.2, -0.15) is 26.6 Å². The Kier molecular flexibility index (Phi) is 15.1. The molecule has 0 radical (unpaired) electrons. The Morgan fingerprint density at radius 2 is 1.29 bits per heavy atom. The molecule has 0 saturated heterocycles. The van der Waals surface area contributed by atoms with Gasteiger partial charge in [0.1, 0.15) is 74.4 Å². The number of aliphatic hydroxyl groups is 2. The van der Waals surface area contributed by atoms with Gasteiger partial charge in [0.15, 0.2) is 28.2 Å². The average molecular weight is 1000 g/mol. The zero-order valence-corrected chi connectivity index (χ0v) is 37.7. The van der Waals surface area contributed by atoms with Gasteiger partial charge in [0.2, 0.25) is 5.88 Å². The molecule has 1 amide bonds. The number of aromatic nitrogens is 2. The highest BCUT2D eigenvalue weighted by molar-refractivity contribution is 7.86. The fourth-order valence-electron chi connectivity index (χ4n) is 6.15. The van der Waals surface area contributed by atoms with E-state index < -0.39 is 88.9 Å². The summed E-state index contributed by atoms with van der Waals surface area (Å²) in [7, 11) is -7.53. The number of rotatable bonds is 19. The summed E-state index contributed by atoms with van der Waals surface area (Å²) in [6.07, 6.45) is 0. The molecule has 6 rings (SSSR count). The van der Waals surface area contributed by atoms with Crippen molar-refractivity contribution in [3.8, 4) is 40.3 Å². The van der Waals surface area contributed by atoms with Crippen molar-refractivity contribution in [3.05, 3.63) is 78.0 Å². The van der Waals surface area contributed by atoms with Crippen molar-refractivity contribution >= 4 is 82.1 Å². The molecule has 26 nitrogen and oxygen atoms in total. The summed E-state index contributed by atoms with van der Waals surface area (Å²) in [5.74, 6) is -3.08. The molecule has 6 aromatic rings. The third-order valence-corrected chi connectivity index (χ3v) is 11.8. The van der Waals surface area contributed by atoms with E-state index in [1.54, 1.807) is 0 Å². The number of ether oxygens (including phenoxy) is 4. The minimum atomic E-state index is -5.23. The van der Waals surface area contributed by atoms with Gasteiger partial charge in [-0.1, -0.05) is 0 Å². The maximum absolute atomic E-state index is 12.8. The first-order valence-electron chi connectivity index (χ1n) is 19.0. The number of phenolic OH excluding ortho intramolecular Hbond substituents is 1. The molecule has 0 spiro atoms. The van der Waals surface area contributed by atoms with Gasteiger partial charge in [0.05, 0.1) is 38.0 Å². The number of hydrogen-bond donors (Lipinski definition) is 8. The third kappa shape index (κ3) is 10.8. The smallest absolute Gasteiger partial charge is 0.296 e. The lowest BCUT2D eigenvalue weighted by Crippen LogP contribution is -2.12. The van der Waals surface area contributed by atoms with E-state index in [1.807, 2.05) is 0 Å². The van der Waals surface area contributed by atoms with Gasteiger partial charge in [-0.3, -0.25) is 13.9 Å². The summed E-state index contributed by atoms with van der Waals surface area (Å²) in [5, 5.41) is 69.5. The van der Waals surface area contributed by atoms with Crippen LogP contribution in [0.5, 0.6) is 34.6 Å². The second kappa shape index (κ2) is 20.6. The van der Waals surface area contributed by atoms with Crippen molar-refractivity contribution in [3.63, 3.8) is 0 Å². The second-order valence-corrected chi connectivity index (χ2v) is 17.3. The number of phenols is 1. The quantitative estimate of drug-likeness (QED) is 0.0265. The van der Waals surface area contributed by atoms with Gasteiger partial charge in [-0.25, -0.2) is 4.21 Å². The first-order valence-corrected chi connectivity index (χ1v) is 22.9. The van der Waals surface area contributed by atoms with Crippen LogP contribution in [0.15, 0.2) is 112 Å². The lowest BCUT2D eigenvalue weighted by atomic mass is 10.1. The average Bonchev–Trinajstić information content (AvgIpc) is 3.63. The molecule has 0 aliphatic carbocycles. The largest absolute Gasteiger partial charge is 0.505 e. The molecule has 1 unspecified atom stereocenters. The first kappa shape index (κ1) is 49.9. The van der Waals surface area contributed by atoms with E-state index in [-0.39, 0.29) is 80.3 Å². The summed E-state index contributed by atoms with van der Waals surface area (Å²) in [5.41, 5.74) is 3.21. The second-order valence-electron chi connectivity index (χ2n) is 13.6. The molecule has 0 bridgehead atoms. The monoisotopic (exact) mass is 999 g/mol. The number of aromatic hydroxyl groups is 2. The van der Waals surface area contributed by atoms with Crippen LogP contribution >= 0.6 is 0 Å². The van der Waals surface area contributed by atoms with Crippen molar-refractivity contribution in [2.45, 2.75) is 21.6 Å². The number of azo groups is 3. The predicted octanol–water partition coefficient (Wildman–Crippen LogP) is 5.92. The van der Waals surface area contributed by atoms with Crippen molar-refractivity contribution in [2.24, 2.45) is 36.4 Å². The Morgan fingerprint density at radius 3 is 1.84 bits per heavy atom. The van der Waals surface area contributed by atoms with Crippen molar-refractivity contribution in [1.82, 2.24) is 9.78 Å². The molecule has 358 valence electrons. The third-order valence-electron chi connectivity index (χ3n) is 9.26. The van der Waals surface area contributed by atoms with Crippen LogP contribution in [-0.4, -0.2) is 111 Å². The molecular formula is C39H37N9O17S3. The van der Waals surface area contributed by atoms with Gasteiger partial charge in [0.25, 0.3) is 26.1 Å². The van der Waals surface area contributed by atoms with E-state index in [2.05, 4.69) is 35.8 Å². The number of nitrogens with zero attached hydrogens (tertiary/aromatic N) is 8. The van der Waals surface area contributed by atoms with Gasteiger partial charge in [-0.15, -0.1) is 30.7 Å².